The van der Waals surface area contributed by atoms with E-state index in [2.05, 4.69) is 25.6 Å². The molecule has 0 atom stereocenters. The van der Waals surface area contributed by atoms with E-state index in [1.54, 1.807) is 43.6 Å². The van der Waals surface area contributed by atoms with Crippen LogP contribution in [0.1, 0.15) is 6.92 Å². The minimum Gasteiger partial charge on any atom is -0.497 e. The van der Waals surface area contributed by atoms with Crippen molar-refractivity contribution >= 4 is 34.4 Å². The third-order valence-electron chi connectivity index (χ3n) is 4.23. The van der Waals surface area contributed by atoms with Crippen LogP contribution in [0.15, 0.2) is 60.9 Å². The Bertz CT molecular complexity index is 1220. The van der Waals surface area contributed by atoms with Crippen molar-refractivity contribution in [2.24, 2.45) is 0 Å². The molecule has 4 aromatic rings. The number of nitrogens with zero attached hydrogens (tertiary/aromatic N) is 5. The molecule has 0 unspecified atom stereocenters. The lowest BCUT2D eigenvalue weighted by Crippen LogP contribution is -2.45. The second-order valence-electron chi connectivity index (χ2n) is 6.40. The molecule has 0 bridgehead atoms. The minimum atomic E-state index is -0.370. The largest absolute Gasteiger partial charge is 0.497 e. The summed E-state index contributed by atoms with van der Waals surface area (Å²) in [7, 11) is 1.58. The molecule has 10 heteroatoms. The Morgan fingerprint density at radius 3 is 2.55 bits per heavy atom. The van der Waals surface area contributed by atoms with Crippen molar-refractivity contribution in [3.8, 4) is 22.8 Å². The molecule has 1 N–H and O–H groups in total. The Balaban J connectivity index is 1.64. The van der Waals surface area contributed by atoms with Gasteiger partial charge in [-0.2, -0.15) is 0 Å². The predicted octanol–water partition coefficient (Wildman–Crippen LogP) is 3.60. The van der Waals surface area contributed by atoms with Gasteiger partial charge in [-0.1, -0.05) is 28.9 Å². The molecule has 0 spiro atoms. The van der Waals surface area contributed by atoms with Crippen molar-refractivity contribution < 1.29 is 14.4 Å². The van der Waals surface area contributed by atoms with Gasteiger partial charge in [0.2, 0.25) is 5.91 Å². The Kier molecular flexibility index (Phi) is 5.76. The summed E-state index contributed by atoms with van der Waals surface area (Å²) in [5, 5.41) is 10.7. The van der Waals surface area contributed by atoms with Gasteiger partial charge in [-0.15, -0.1) is 10.2 Å². The second kappa shape index (κ2) is 8.80. The fraction of sp³-hybridized carbons (Fsp3) is 0.0952. The number of ether oxygens (including phenoxy) is 1. The molecular weight excluding hydrogens is 420 g/mol. The molecule has 4 rings (SSSR count). The third kappa shape index (κ3) is 4.62. The van der Waals surface area contributed by atoms with Crippen LogP contribution in [0.5, 0.6) is 11.5 Å². The first-order valence-electron chi connectivity index (χ1n) is 9.17. The molecule has 2 aromatic carbocycles. The Morgan fingerprint density at radius 2 is 1.87 bits per heavy atom. The zero-order chi connectivity index (χ0) is 21.8. The summed E-state index contributed by atoms with van der Waals surface area (Å²) < 4.78 is 5.24. The molecule has 2 heterocycles. The standard InChI is InChI=1S/C21H17ClN6O3/c1-13(29)27-28(21-24-12-19(25-26-21)14-3-5-15(22)6-4-14)31-20-9-10-23-18-11-16(30-2)7-8-17(18)20/h3-12H,1-2H3,(H,27,29). The molecule has 0 aliphatic rings. The number of hydrogen-bond donors (Lipinski definition) is 1. The number of pyridine rings is 1. The summed E-state index contributed by atoms with van der Waals surface area (Å²) in [5.74, 6) is 0.782. The highest BCUT2D eigenvalue weighted by molar-refractivity contribution is 6.30. The lowest BCUT2D eigenvalue weighted by molar-refractivity contribution is -0.120. The van der Waals surface area contributed by atoms with Gasteiger partial charge in [0.15, 0.2) is 5.75 Å². The zero-order valence-electron chi connectivity index (χ0n) is 16.6. The van der Waals surface area contributed by atoms with Crippen LogP contribution in [0.4, 0.5) is 5.95 Å². The van der Waals surface area contributed by atoms with E-state index < -0.39 is 0 Å². The number of carbonyl (C=O) groups excluding carboxylic acids is 1. The van der Waals surface area contributed by atoms with Gasteiger partial charge in [-0.05, 0) is 24.3 Å². The fourth-order valence-corrected chi connectivity index (χ4v) is 2.90. The number of amides is 1. The number of methoxy groups -OCH3 is 1. The molecule has 1 amide bonds. The van der Waals surface area contributed by atoms with Gasteiger partial charge >= 0.3 is 5.95 Å². The number of halogens is 1. The molecule has 0 radical (unpaired) electrons. The summed E-state index contributed by atoms with van der Waals surface area (Å²) >= 11 is 5.92. The maximum Gasteiger partial charge on any atom is 0.301 e. The highest BCUT2D eigenvalue weighted by Crippen LogP contribution is 2.28. The van der Waals surface area contributed by atoms with Gasteiger partial charge in [0.1, 0.15) is 11.4 Å². The molecule has 31 heavy (non-hydrogen) atoms. The van der Waals surface area contributed by atoms with E-state index >= 15 is 0 Å². The van der Waals surface area contributed by atoms with E-state index in [-0.39, 0.29) is 11.9 Å². The van der Waals surface area contributed by atoms with Crippen LogP contribution < -0.4 is 20.2 Å². The van der Waals surface area contributed by atoms with Crippen molar-refractivity contribution in [3.05, 3.63) is 65.9 Å². The van der Waals surface area contributed by atoms with Crippen molar-refractivity contribution in [2.45, 2.75) is 6.92 Å². The zero-order valence-corrected chi connectivity index (χ0v) is 17.4. The lowest BCUT2D eigenvalue weighted by Gasteiger charge is -2.22. The van der Waals surface area contributed by atoms with Crippen LogP contribution in [0, 0.1) is 0 Å². The van der Waals surface area contributed by atoms with Crippen molar-refractivity contribution in [1.82, 2.24) is 25.6 Å². The molecule has 0 saturated heterocycles. The Hall–Kier alpha value is -3.98. The Morgan fingerprint density at radius 1 is 1.06 bits per heavy atom. The van der Waals surface area contributed by atoms with Crippen LogP contribution in [-0.4, -0.2) is 33.2 Å². The van der Waals surface area contributed by atoms with Crippen molar-refractivity contribution in [2.75, 3.05) is 12.3 Å². The normalized spacial score (nSPS) is 10.5. The molecule has 2 aromatic heterocycles. The summed E-state index contributed by atoms with van der Waals surface area (Å²) in [4.78, 5) is 26.2. The maximum atomic E-state index is 11.7. The van der Waals surface area contributed by atoms with E-state index in [0.717, 1.165) is 10.7 Å². The number of carbonyl (C=O) groups is 1. The molecule has 0 saturated carbocycles. The SMILES string of the molecule is COc1ccc2c(ON(NC(C)=O)c3ncc(-c4ccc(Cl)cc4)nn3)ccnc2c1. The molecule has 0 aliphatic carbocycles. The number of nitrogens with one attached hydrogen (secondary N) is 1. The quantitative estimate of drug-likeness (QED) is 0.457. The number of rotatable bonds is 6. The van der Waals surface area contributed by atoms with Crippen molar-refractivity contribution in [3.63, 3.8) is 0 Å². The van der Waals surface area contributed by atoms with Gasteiger partial charge in [-0.3, -0.25) is 9.78 Å². The van der Waals surface area contributed by atoms with E-state index in [1.807, 2.05) is 18.2 Å². The predicted molar refractivity (Wildman–Crippen MR) is 115 cm³/mol. The summed E-state index contributed by atoms with van der Waals surface area (Å²) in [5.41, 5.74) is 4.56. The smallest absolute Gasteiger partial charge is 0.301 e. The van der Waals surface area contributed by atoms with Gasteiger partial charge in [0.25, 0.3) is 0 Å². The summed E-state index contributed by atoms with van der Waals surface area (Å²) in [6.07, 6.45) is 3.12. The van der Waals surface area contributed by atoms with Gasteiger partial charge in [0, 0.05) is 41.2 Å². The molecule has 156 valence electrons. The summed E-state index contributed by atoms with van der Waals surface area (Å²) in [6.45, 7) is 1.35. The highest BCUT2D eigenvalue weighted by atomic mass is 35.5. The molecule has 0 aliphatic heterocycles. The van der Waals surface area contributed by atoms with Gasteiger partial charge in [-0.25, -0.2) is 10.4 Å². The van der Waals surface area contributed by atoms with E-state index in [4.69, 9.17) is 21.2 Å². The number of hydrogen-bond acceptors (Lipinski definition) is 8. The van der Waals surface area contributed by atoms with Crippen molar-refractivity contribution in [1.29, 1.82) is 0 Å². The fourth-order valence-electron chi connectivity index (χ4n) is 2.78. The Labute approximate surface area is 182 Å². The number of anilines is 1. The van der Waals surface area contributed by atoms with Gasteiger partial charge in [0.05, 0.1) is 18.8 Å². The average Bonchev–Trinajstić information content (AvgIpc) is 2.79. The topological polar surface area (TPSA) is 102 Å². The van der Waals surface area contributed by atoms with Crippen LogP contribution in [0.3, 0.4) is 0 Å². The monoisotopic (exact) mass is 436 g/mol. The highest BCUT2D eigenvalue weighted by Gasteiger charge is 2.17. The number of aromatic nitrogens is 4. The summed E-state index contributed by atoms with van der Waals surface area (Å²) in [6, 6.07) is 14.2. The number of benzene rings is 2. The third-order valence-corrected chi connectivity index (χ3v) is 4.48. The van der Waals surface area contributed by atoms with Crippen LogP contribution in [-0.2, 0) is 4.79 Å². The van der Waals surface area contributed by atoms with E-state index in [0.29, 0.717) is 33.1 Å². The minimum absolute atomic E-state index is 0.0476. The van der Waals surface area contributed by atoms with Crippen LogP contribution in [0.2, 0.25) is 5.02 Å². The van der Waals surface area contributed by atoms with Crippen LogP contribution >= 0.6 is 11.6 Å². The second-order valence-corrected chi connectivity index (χ2v) is 6.83. The molecular formula is C21H17ClN6O3. The first-order chi connectivity index (χ1) is 15.0. The number of fused-ring (bicyclic) bond motifs is 1. The lowest BCUT2D eigenvalue weighted by atomic mass is 10.2. The van der Waals surface area contributed by atoms with Gasteiger partial charge < -0.3 is 9.57 Å². The van der Waals surface area contributed by atoms with Crippen LogP contribution in [0.25, 0.3) is 22.2 Å². The maximum absolute atomic E-state index is 11.7. The average molecular weight is 437 g/mol. The molecule has 0 fully saturated rings. The first kappa shape index (κ1) is 20.3. The first-order valence-corrected chi connectivity index (χ1v) is 9.55. The molecule has 9 nitrogen and oxygen atoms in total. The van der Waals surface area contributed by atoms with E-state index in [9.17, 15) is 4.79 Å². The number of hydrazine groups is 1. The van der Waals surface area contributed by atoms with E-state index in [1.165, 1.54) is 13.1 Å².